The third kappa shape index (κ3) is 3.30. The van der Waals surface area contributed by atoms with Crippen molar-refractivity contribution < 1.29 is 9.53 Å². The Labute approximate surface area is 132 Å². The van der Waals surface area contributed by atoms with Gasteiger partial charge in [-0.05, 0) is 47.0 Å². The van der Waals surface area contributed by atoms with Crippen molar-refractivity contribution in [2.45, 2.75) is 25.3 Å². The molecular weight excluding hydrogens is 340 g/mol. The number of nitrogens with two attached hydrogens (primary N) is 1. The minimum absolute atomic E-state index is 0.0425. The topological polar surface area (TPSA) is 64.3 Å². The molecule has 20 heavy (non-hydrogen) atoms. The van der Waals surface area contributed by atoms with Gasteiger partial charge < -0.3 is 15.8 Å². The van der Waals surface area contributed by atoms with E-state index in [1.54, 1.807) is 25.3 Å². The van der Waals surface area contributed by atoms with Gasteiger partial charge in [0.2, 0.25) is 0 Å². The van der Waals surface area contributed by atoms with Gasteiger partial charge >= 0.3 is 0 Å². The maximum atomic E-state index is 12.3. The molecule has 0 heterocycles. The Morgan fingerprint density at radius 3 is 2.85 bits per heavy atom. The van der Waals surface area contributed by atoms with Crippen molar-refractivity contribution in [3.63, 3.8) is 0 Å². The molecular formula is C14H17BrN2O2S. The van der Waals surface area contributed by atoms with Gasteiger partial charge in [-0.15, -0.1) is 0 Å². The van der Waals surface area contributed by atoms with E-state index in [0.29, 0.717) is 16.3 Å². The van der Waals surface area contributed by atoms with Crippen LogP contribution < -0.4 is 15.8 Å². The quantitative estimate of drug-likeness (QED) is 0.814. The van der Waals surface area contributed by atoms with Gasteiger partial charge in [0.05, 0.1) is 16.6 Å². The molecule has 1 aliphatic carbocycles. The molecule has 1 aromatic carbocycles. The summed E-state index contributed by atoms with van der Waals surface area (Å²) in [5, 5.41) is 3.02. The fraction of sp³-hybridized carbons (Fsp3) is 0.429. The van der Waals surface area contributed by atoms with E-state index in [1.165, 1.54) is 0 Å². The number of benzene rings is 1. The number of rotatable bonds is 4. The number of ether oxygens (including phenoxy) is 1. The lowest BCUT2D eigenvalue weighted by molar-refractivity contribution is 0.0933. The molecule has 3 N–H and O–H groups in total. The summed E-state index contributed by atoms with van der Waals surface area (Å²) in [6.45, 7) is 0. The molecule has 0 radical (unpaired) electrons. The lowest BCUT2D eigenvalue weighted by atomic mass is 10.0. The predicted molar refractivity (Wildman–Crippen MR) is 86.1 cm³/mol. The zero-order valence-corrected chi connectivity index (χ0v) is 13.6. The molecule has 2 atom stereocenters. The molecule has 0 aliphatic heterocycles. The highest BCUT2D eigenvalue weighted by atomic mass is 79.9. The van der Waals surface area contributed by atoms with Gasteiger partial charge in [-0.3, -0.25) is 4.79 Å². The first-order chi connectivity index (χ1) is 9.52. The molecule has 1 fully saturated rings. The average Bonchev–Trinajstić information content (AvgIpc) is 2.86. The first kappa shape index (κ1) is 15.3. The number of carbonyl (C=O) groups excluding carboxylic acids is 1. The fourth-order valence-corrected chi connectivity index (χ4v) is 3.36. The second-order valence-corrected chi connectivity index (χ2v) is 6.19. The van der Waals surface area contributed by atoms with Crippen molar-refractivity contribution in [3.05, 3.63) is 28.2 Å². The molecule has 6 heteroatoms. The highest BCUT2D eigenvalue weighted by Gasteiger charge is 2.30. The van der Waals surface area contributed by atoms with Gasteiger partial charge in [0, 0.05) is 17.5 Å². The Morgan fingerprint density at radius 2 is 2.25 bits per heavy atom. The van der Waals surface area contributed by atoms with Gasteiger partial charge in [-0.1, -0.05) is 18.6 Å². The highest BCUT2D eigenvalue weighted by Crippen LogP contribution is 2.28. The third-order valence-electron chi connectivity index (χ3n) is 3.61. The van der Waals surface area contributed by atoms with Crippen molar-refractivity contribution in [2.24, 2.45) is 11.7 Å². The molecule has 0 aromatic heterocycles. The SMILES string of the molecule is COc1ccc(C(=O)NC2CCCC2C(N)=S)cc1Br. The lowest BCUT2D eigenvalue weighted by Gasteiger charge is -2.20. The summed E-state index contributed by atoms with van der Waals surface area (Å²) in [6.07, 6.45) is 2.91. The van der Waals surface area contributed by atoms with Crippen molar-refractivity contribution in [3.8, 4) is 5.75 Å². The number of carbonyl (C=O) groups is 1. The summed E-state index contributed by atoms with van der Waals surface area (Å²) >= 11 is 8.44. The fourth-order valence-electron chi connectivity index (χ4n) is 2.53. The van der Waals surface area contributed by atoms with Crippen LogP contribution in [0, 0.1) is 5.92 Å². The maximum absolute atomic E-state index is 12.3. The molecule has 1 saturated carbocycles. The molecule has 4 nitrogen and oxygen atoms in total. The molecule has 1 aromatic rings. The van der Waals surface area contributed by atoms with E-state index in [2.05, 4.69) is 21.2 Å². The minimum atomic E-state index is -0.110. The number of amides is 1. The van der Waals surface area contributed by atoms with Crippen LogP contribution in [0.3, 0.4) is 0 Å². The van der Waals surface area contributed by atoms with Crippen LogP contribution in [-0.2, 0) is 0 Å². The number of halogens is 1. The molecule has 1 amide bonds. The molecule has 2 unspecified atom stereocenters. The monoisotopic (exact) mass is 356 g/mol. The van der Waals surface area contributed by atoms with Crippen molar-refractivity contribution in [1.82, 2.24) is 5.32 Å². The van der Waals surface area contributed by atoms with Crippen LogP contribution in [0.4, 0.5) is 0 Å². The van der Waals surface area contributed by atoms with Gasteiger partial charge in [0.1, 0.15) is 5.75 Å². The van der Waals surface area contributed by atoms with Gasteiger partial charge in [-0.25, -0.2) is 0 Å². The standard InChI is InChI=1S/C14H17BrN2O2S/c1-19-12-6-5-8(7-10(12)15)14(18)17-11-4-2-3-9(11)13(16)20/h5-7,9,11H,2-4H2,1H3,(H2,16,20)(H,17,18). The summed E-state index contributed by atoms with van der Waals surface area (Å²) in [6, 6.07) is 5.29. The Kier molecular flexibility index (Phi) is 4.99. The van der Waals surface area contributed by atoms with Gasteiger partial charge in [-0.2, -0.15) is 0 Å². The van der Waals surface area contributed by atoms with E-state index in [-0.39, 0.29) is 17.9 Å². The third-order valence-corrected chi connectivity index (χ3v) is 4.53. The summed E-state index contributed by atoms with van der Waals surface area (Å²) in [7, 11) is 1.59. The zero-order valence-electron chi connectivity index (χ0n) is 11.2. The molecule has 0 bridgehead atoms. The summed E-state index contributed by atoms with van der Waals surface area (Å²) in [4.78, 5) is 12.8. The van der Waals surface area contributed by atoms with E-state index in [1.807, 2.05) is 0 Å². The van der Waals surface area contributed by atoms with E-state index in [4.69, 9.17) is 22.7 Å². The highest BCUT2D eigenvalue weighted by molar-refractivity contribution is 9.10. The number of thiocarbonyl (C=S) groups is 1. The summed E-state index contributed by atoms with van der Waals surface area (Å²) in [5.41, 5.74) is 6.31. The van der Waals surface area contributed by atoms with Gasteiger partial charge in [0.15, 0.2) is 0 Å². The van der Waals surface area contributed by atoms with Crippen molar-refractivity contribution in [2.75, 3.05) is 7.11 Å². The first-order valence-corrected chi connectivity index (χ1v) is 7.66. The Balaban J connectivity index is 2.08. The summed E-state index contributed by atoms with van der Waals surface area (Å²) in [5.74, 6) is 0.695. The number of hydrogen-bond acceptors (Lipinski definition) is 3. The van der Waals surface area contributed by atoms with Crippen LogP contribution in [0.1, 0.15) is 29.6 Å². The Bertz CT molecular complexity index is 536. The van der Waals surface area contributed by atoms with E-state index in [9.17, 15) is 4.79 Å². The second kappa shape index (κ2) is 6.54. The van der Waals surface area contributed by atoms with E-state index in [0.717, 1.165) is 23.7 Å². The van der Waals surface area contributed by atoms with Crippen LogP contribution in [0.15, 0.2) is 22.7 Å². The van der Waals surface area contributed by atoms with E-state index >= 15 is 0 Å². The van der Waals surface area contributed by atoms with Crippen LogP contribution in [0.25, 0.3) is 0 Å². The molecule has 108 valence electrons. The molecule has 1 aliphatic rings. The van der Waals surface area contributed by atoms with Crippen LogP contribution >= 0.6 is 28.1 Å². The van der Waals surface area contributed by atoms with Crippen LogP contribution in [0.2, 0.25) is 0 Å². The average molecular weight is 357 g/mol. The Hall–Kier alpha value is -1.14. The maximum Gasteiger partial charge on any atom is 0.251 e. The number of nitrogens with one attached hydrogen (secondary N) is 1. The molecule has 2 rings (SSSR count). The van der Waals surface area contributed by atoms with Crippen molar-refractivity contribution in [1.29, 1.82) is 0 Å². The van der Waals surface area contributed by atoms with Crippen LogP contribution in [0.5, 0.6) is 5.75 Å². The van der Waals surface area contributed by atoms with Crippen LogP contribution in [-0.4, -0.2) is 24.0 Å². The zero-order chi connectivity index (χ0) is 14.7. The van der Waals surface area contributed by atoms with E-state index < -0.39 is 0 Å². The molecule has 0 spiro atoms. The summed E-state index contributed by atoms with van der Waals surface area (Å²) < 4.78 is 5.90. The molecule has 0 saturated heterocycles. The minimum Gasteiger partial charge on any atom is -0.496 e. The normalized spacial score (nSPS) is 21.5. The smallest absolute Gasteiger partial charge is 0.251 e. The van der Waals surface area contributed by atoms with Gasteiger partial charge in [0.25, 0.3) is 5.91 Å². The lowest BCUT2D eigenvalue weighted by Crippen LogP contribution is -2.41. The number of hydrogen-bond donors (Lipinski definition) is 2. The largest absolute Gasteiger partial charge is 0.496 e. The second-order valence-electron chi connectivity index (χ2n) is 4.87. The predicted octanol–water partition coefficient (Wildman–Crippen LogP) is 2.64. The number of methoxy groups -OCH3 is 1. The van der Waals surface area contributed by atoms with Crippen molar-refractivity contribution >= 4 is 39.0 Å². The first-order valence-electron chi connectivity index (χ1n) is 6.46. The Morgan fingerprint density at radius 1 is 1.50 bits per heavy atom.